The number of amides is 3. The highest BCUT2D eigenvalue weighted by molar-refractivity contribution is 6.35. The van der Waals surface area contributed by atoms with Crippen LogP contribution in [0.15, 0.2) is 66.7 Å². The van der Waals surface area contributed by atoms with Crippen molar-refractivity contribution in [3.05, 3.63) is 106 Å². The first-order chi connectivity index (χ1) is 25.3. The molecule has 1 aromatic heterocycles. The van der Waals surface area contributed by atoms with Crippen LogP contribution in [-0.2, 0) is 11.0 Å². The number of aromatic amines is 1. The predicted molar refractivity (Wildman–Crippen MR) is 199 cm³/mol. The number of rotatable bonds is 11. The number of hydrogen-bond acceptors (Lipinski definition) is 6. The minimum Gasteiger partial charge on any atom is -0.457 e. The Morgan fingerprint density at radius 2 is 1.66 bits per heavy atom. The largest absolute Gasteiger partial charge is 0.457 e. The van der Waals surface area contributed by atoms with E-state index < -0.39 is 17.6 Å². The molecular formula is C40H43F3N6O4. The van der Waals surface area contributed by atoms with E-state index in [2.05, 4.69) is 39.3 Å². The highest BCUT2D eigenvalue weighted by Crippen LogP contribution is 2.38. The zero-order valence-electron chi connectivity index (χ0n) is 30.2. The Labute approximate surface area is 306 Å². The fourth-order valence-corrected chi connectivity index (χ4v) is 6.73. The molecule has 3 N–H and O–H groups in total. The van der Waals surface area contributed by atoms with Crippen molar-refractivity contribution in [3.63, 3.8) is 0 Å². The Hall–Kier alpha value is -5.40. The average Bonchev–Trinajstić information content (AvgIpc) is 3.60. The van der Waals surface area contributed by atoms with Gasteiger partial charge in [0.15, 0.2) is 0 Å². The zero-order valence-corrected chi connectivity index (χ0v) is 30.2. The van der Waals surface area contributed by atoms with Crippen molar-refractivity contribution < 1.29 is 32.3 Å². The summed E-state index contributed by atoms with van der Waals surface area (Å²) in [7, 11) is 0. The number of benzene rings is 3. The van der Waals surface area contributed by atoms with E-state index in [0.717, 1.165) is 62.7 Å². The molecule has 0 saturated carbocycles. The van der Waals surface area contributed by atoms with Gasteiger partial charge in [0.1, 0.15) is 11.5 Å². The Kier molecular flexibility index (Phi) is 11.1. The van der Waals surface area contributed by atoms with Gasteiger partial charge in [0, 0.05) is 79.6 Å². The number of anilines is 2. The van der Waals surface area contributed by atoms with Gasteiger partial charge in [-0.05, 0) is 81.0 Å². The number of ether oxygens (including phenoxy) is 1. The molecule has 0 radical (unpaired) electrons. The van der Waals surface area contributed by atoms with Crippen molar-refractivity contribution >= 4 is 40.7 Å². The van der Waals surface area contributed by atoms with Gasteiger partial charge in [-0.3, -0.25) is 19.3 Å². The molecule has 0 aliphatic carbocycles. The van der Waals surface area contributed by atoms with Crippen LogP contribution in [0, 0.1) is 13.8 Å². The fraction of sp³-hybridized carbons (Fsp3) is 0.325. The minimum absolute atomic E-state index is 0.0124. The van der Waals surface area contributed by atoms with Gasteiger partial charge in [0.2, 0.25) is 0 Å². The molecule has 0 spiro atoms. The Morgan fingerprint density at radius 3 is 2.38 bits per heavy atom. The van der Waals surface area contributed by atoms with Crippen molar-refractivity contribution in [2.24, 2.45) is 0 Å². The summed E-state index contributed by atoms with van der Waals surface area (Å²) in [6, 6.07) is 15.8. The van der Waals surface area contributed by atoms with E-state index >= 15 is 0 Å². The van der Waals surface area contributed by atoms with Crippen molar-refractivity contribution in [2.45, 2.75) is 33.9 Å². The van der Waals surface area contributed by atoms with Crippen LogP contribution in [0.25, 0.3) is 11.6 Å². The Balaban J connectivity index is 1.12. The van der Waals surface area contributed by atoms with Crippen molar-refractivity contribution in [2.75, 3.05) is 63.0 Å². The second kappa shape index (κ2) is 15.7. The van der Waals surface area contributed by atoms with Gasteiger partial charge in [-0.15, -0.1) is 0 Å². The highest BCUT2D eigenvalue weighted by atomic mass is 19.4. The van der Waals surface area contributed by atoms with Gasteiger partial charge >= 0.3 is 6.18 Å². The third-order valence-electron chi connectivity index (χ3n) is 9.82. The average molecular weight is 729 g/mol. The topological polar surface area (TPSA) is 110 Å². The molecule has 13 heteroatoms. The maximum absolute atomic E-state index is 13.7. The van der Waals surface area contributed by atoms with Crippen LogP contribution in [0.4, 0.5) is 24.5 Å². The first-order valence-electron chi connectivity index (χ1n) is 17.7. The summed E-state index contributed by atoms with van der Waals surface area (Å²) in [5.74, 6) is -0.225. The molecule has 278 valence electrons. The SMILES string of the molecule is CCN(CC)CCN1CCN(C(=O)c2c(C)[nH]c(/C=C3\C(=O)Nc4cc(Oc5cccc(NC(=O)c6cccc(C(F)(F)F)c6)c5)ccc43)c2C)CC1. The maximum atomic E-state index is 13.7. The smallest absolute Gasteiger partial charge is 0.416 e. The van der Waals surface area contributed by atoms with Gasteiger partial charge < -0.3 is 30.2 Å². The van der Waals surface area contributed by atoms with E-state index in [1.165, 1.54) is 12.1 Å². The summed E-state index contributed by atoms with van der Waals surface area (Å²) in [5.41, 5.74) is 3.78. The lowest BCUT2D eigenvalue weighted by Crippen LogP contribution is -2.50. The molecule has 0 atom stereocenters. The van der Waals surface area contributed by atoms with Crippen LogP contribution >= 0.6 is 0 Å². The molecule has 3 heterocycles. The van der Waals surface area contributed by atoms with E-state index in [-0.39, 0.29) is 17.4 Å². The second-order valence-corrected chi connectivity index (χ2v) is 13.2. The molecule has 3 aromatic carbocycles. The van der Waals surface area contributed by atoms with Crippen LogP contribution in [0.1, 0.15) is 62.6 Å². The summed E-state index contributed by atoms with van der Waals surface area (Å²) in [4.78, 5) is 49.6. The summed E-state index contributed by atoms with van der Waals surface area (Å²) in [5, 5.41) is 5.50. The molecule has 0 unspecified atom stereocenters. The standard InChI is InChI=1S/C40H43F3N6O4/c1-5-47(6-2)15-16-48-17-19-49(20-18-48)39(52)36-25(3)34(44-26(36)4)24-33-32-14-13-31(23-35(32)46-38(33)51)53-30-12-8-11-29(22-30)45-37(50)27-9-7-10-28(21-27)40(41,42)43/h7-14,21-24,44H,5-6,15-20H2,1-4H3,(H,45,50)(H,46,51)/b33-24-. The van der Waals surface area contributed by atoms with E-state index in [4.69, 9.17) is 4.74 Å². The highest BCUT2D eigenvalue weighted by Gasteiger charge is 2.31. The molecule has 3 amide bonds. The molecule has 10 nitrogen and oxygen atoms in total. The monoisotopic (exact) mass is 728 g/mol. The molecule has 2 aliphatic heterocycles. The predicted octanol–water partition coefficient (Wildman–Crippen LogP) is 7.29. The van der Waals surface area contributed by atoms with E-state index in [1.807, 2.05) is 18.7 Å². The third-order valence-corrected chi connectivity index (χ3v) is 9.82. The Bertz CT molecular complexity index is 2040. The van der Waals surface area contributed by atoms with Crippen LogP contribution in [0.2, 0.25) is 0 Å². The lowest BCUT2D eigenvalue weighted by molar-refractivity contribution is -0.137. The number of nitrogens with one attached hydrogen (secondary N) is 3. The number of aryl methyl sites for hydroxylation is 1. The van der Waals surface area contributed by atoms with Crippen molar-refractivity contribution in [1.82, 2.24) is 19.7 Å². The number of nitrogens with zero attached hydrogens (tertiary/aromatic N) is 3. The molecule has 2 aliphatic rings. The molecular weight excluding hydrogens is 685 g/mol. The fourth-order valence-electron chi connectivity index (χ4n) is 6.73. The molecule has 1 fully saturated rings. The molecule has 0 bridgehead atoms. The lowest BCUT2D eigenvalue weighted by atomic mass is 10.0. The number of carbonyl (C=O) groups excluding carboxylic acids is 3. The van der Waals surface area contributed by atoms with Crippen LogP contribution < -0.4 is 15.4 Å². The number of alkyl halides is 3. The van der Waals surface area contributed by atoms with Crippen LogP contribution in [-0.4, -0.2) is 89.8 Å². The van der Waals surface area contributed by atoms with Gasteiger partial charge in [-0.1, -0.05) is 26.0 Å². The third kappa shape index (κ3) is 8.47. The number of aromatic nitrogens is 1. The number of hydrogen-bond donors (Lipinski definition) is 3. The Morgan fingerprint density at radius 1 is 0.943 bits per heavy atom. The second-order valence-electron chi connectivity index (χ2n) is 13.2. The van der Waals surface area contributed by atoms with Crippen molar-refractivity contribution in [3.8, 4) is 11.5 Å². The first kappa shape index (κ1) is 37.4. The summed E-state index contributed by atoms with van der Waals surface area (Å²) in [6.07, 6.45) is -2.80. The molecule has 4 aromatic rings. The van der Waals surface area contributed by atoms with E-state index in [0.29, 0.717) is 58.4 Å². The summed E-state index contributed by atoms with van der Waals surface area (Å²) < 4.78 is 45.4. The van der Waals surface area contributed by atoms with Gasteiger partial charge in [-0.2, -0.15) is 13.2 Å². The molecule has 53 heavy (non-hydrogen) atoms. The number of H-pyrrole nitrogens is 1. The maximum Gasteiger partial charge on any atom is 0.416 e. The molecule has 1 saturated heterocycles. The summed E-state index contributed by atoms with van der Waals surface area (Å²) in [6.45, 7) is 15.2. The number of likely N-dealkylation sites (N-methyl/N-ethyl adjacent to an activating group) is 1. The van der Waals surface area contributed by atoms with E-state index in [1.54, 1.807) is 48.5 Å². The van der Waals surface area contributed by atoms with Crippen LogP contribution in [0.3, 0.4) is 0 Å². The quantitative estimate of drug-likeness (QED) is 0.140. The van der Waals surface area contributed by atoms with Crippen LogP contribution in [0.5, 0.6) is 11.5 Å². The van der Waals surface area contributed by atoms with E-state index in [9.17, 15) is 27.6 Å². The number of fused-ring (bicyclic) bond motifs is 1. The van der Waals surface area contributed by atoms with Gasteiger partial charge in [0.25, 0.3) is 17.7 Å². The lowest BCUT2D eigenvalue weighted by Gasteiger charge is -2.35. The first-order valence-corrected chi connectivity index (χ1v) is 17.7. The minimum atomic E-state index is -4.57. The van der Waals surface area contributed by atoms with Gasteiger partial charge in [-0.25, -0.2) is 0 Å². The van der Waals surface area contributed by atoms with Gasteiger partial charge in [0.05, 0.1) is 22.4 Å². The summed E-state index contributed by atoms with van der Waals surface area (Å²) >= 11 is 0. The molecule has 6 rings (SSSR count). The normalized spacial score (nSPS) is 15.5. The number of carbonyl (C=O) groups is 3. The number of halogens is 3. The zero-order chi connectivity index (χ0) is 37.9. The van der Waals surface area contributed by atoms with Crippen molar-refractivity contribution in [1.29, 1.82) is 0 Å². The number of piperazine rings is 1.